The summed E-state index contributed by atoms with van der Waals surface area (Å²) in [5.74, 6) is -0.433. The number of carbonyl (C=O) groups is 2. The van der Waals surface area contributed by atoms with Crippen molar-refractivity contribution in [3.63, 3.8) is 0 Å². The number of likely N-dealkylation sites (tertiary alicyclic amines) is 1. The average Bonchev–Trinajstić information content (AvgIpc) is 3.56. The predicted molar refractivity (Wildman–Crippen MR) is 166 cm³/mol. The number of halogens is 1. The number of aliphatic hydroxyl groups is 1. The quantitative estimate of drug-likeness (QED) is 0.147. The zero-order chi connectivity index (χ0) is 31.8. The van der Waals surface area contributed by atoms with E-state index in [0.29, 0.717) is 67.0 Å². The number of nitrogens with zero attached hydrogens (tertiary/aromatic N) is 4. The molecule has 2 heterocycles. The maximum absolute atomic E-state index is 15.6. The topological polar surface area (TPSA) is 156 Å². The lowest BCUT2D eigenvalue weighted by molar-refractivity contribution is -0.0564. The highest BCUT2D eigenvalue weighted by Gasteiger charge is 2.43. The number of hydrogen-bond donors (Lipinski definition) is 5. The average molecular weight is 616 g/mol. The van der Waals surface area contributed by atoms with E-state index in [-0.39, 0.29) is 25.4 Å². The Morgan fingerprint density at radius 3 is 2.64 bits per heavy atom. The molecule has 5 rings (SSSR count). The molecule has 1 aliphatic heterocycles. The minimum atomic E-state index is -1.52. The lowest BCUT2D eigenvalue weighted by Crippen LogP contribution is -2.48. The molecule has 5 N–H and O–H groups in total. The maximum Gasteiger partial charge on any atom is 0.404 e. The summed E-state index contributed by atoms with van der Waals surface area (Å²) in [6, 6.07) is 19.6. The van der Waals surface area contributed by atoms with Crippen LogP contribution >= 0.6 is 0 Å². The monoisotopic (exact) mass is 615 g/mol. The fourth-order valence-corrected chi connectivity index (χ4v) is 6.17. The number of piperidine rings is 1. The number of aromatic amines is 1. The normalized spacial score (nSPS) is 16.2. The molecule has 3 aromatic carbocycles. The van der Waals surface area contributed by atoms with Gasteiger partial charge in [-0.25, -0.2) is 9.18 Å². The van der Waals surface area contributed by atoms with Crippen LogP contribution in [0.25, 0.3) is 11.1 Å². The van der Waals surface area contributed by atoms with Crippen molar-refractivity contribution >= 4 is 12.0 Å². The van der Waals surface area contributed by atoms with Gasteiger partial charge < -0.3 is 25.7 Å². The molecule has 1 fully saturated rings. The van der Waals surface area contributed by atoms with Gasteiger partial charge in [0.25, 0.3) is 5.91 Å². The van der Waals surface area contributed by atoms with E-state index in [0.717, 1.165) is 11.1 Å². The molecule has 1 aromatic heterocycles. The van der Waals surface area contributed by atoms with Gasteiger partial charge in [-0.2, -0.15) is 5.21 Å². The first-order chi connectivity index (χ1) is 21.7. The van der Waals surface area contributed by atoms with Crippen molar-refractivity contribution in [2.45, 2.75) is 51.3 Å². The molecule has 11 nitrogen and oxygen atoms in total. The molecular formula is C33H38FN7O4. The van der Waals surface area contributed by atoms with Crippen molar-refractivity contribution in [2.24, 2.45) is 5.92 Å². The fraction of sp³-hybridized carbons (Fsp3) is 0.364. The summed E-state index contributed by atoms with van der Waals surface area (Å²) in [6.45, 7) is 3.90. The van der Waals surface area contributed by atoms with Gasteiger partial charge in [-0.1, -0.05) is 59.3 Å². The highest BCUT2D eigenvalue weighted by atomic mass is 19.1. The van der Waals surface area contributed by atoms with E-state index in [4.69, 9.17) is 5.11 Å². The van der Waals surface area contributed by atoms with Gasteiger partial charge in [-0.15, -0.1) is 10.2 Å². The summed E-state index contributed by atoms with van der Waals surface area (Å²) in [4.78, 5) is 26.5. The van der Waals surface area contributed by atoms with Gasteiger partial charge in [-0.05, 0) is 67.5 Å². The van der Waals surface area contributed by atoms with Gasteiger partial charge in [0.1, 0.15) is 5.82 Å². The largest absolute Gasteiger partial charge is 0.465 e. The molecule has 0 bridgehead atoms. The first-order valence-corrected chi connectivity index (χ1v) is 15.1. The van der Waals surface area contributed by atoms with Crippen LogP contribution in [0.5, 0.6) is 0 Å². The second kappa shape index (κ2) is 14.4. The van der Waals surface area contributed by atoms with Crippen LogP contribution in [0.4, 0.5) is 9.18 Å². The highest BCUT2D eigenvalue weighted by Crippen LogP contribution is 2.44. The Hall–Kier alpha value is -4.68. The first-order valence-electron chi connectivity index (χ1n) is 15.1. The molecule has 0 spiro atoms. The Labute approximate surface area is 260 Å². The number of rotatable bonds is 12. The number of hydrogen-bond acceptors (Lipinski definition) is 7. The fourth-order valence-electron chi connectivity index (χ4n) is 6.17. The molecule has 236 valence electrons. The van der Waals surface area contributed by atoms with Gasteiger partial charge >= 0.3 is 6.09 Å². The Morgan fingerprint density at radius 2 is 1.91 bits per heavy atom. The second-order valence-electron chi connectivity index (χ2n) is 11.5. The molecule has 1 unspecified atom stereocenters. The van der Waals surface area contributed by atoms with E-state index in [1.165, 1.54) is 6.07 Å². The SMILES string of the molecule is Cc1cccc(-c2c(F)cccc2C(O)(CCCNC(=O)O)[C@@H]2CCCN(C(=O)c3ccc(CNCc4nn[nH]n4)cc3)C2)c1. The molecule has 1 saturated heterocycles. The van der Waals surface area contributed by atoms with Crippen molar-refractivity contribution in [3.05, 3.63) is 101 Å². The zero-order valence-corrected chi connectivity index (χ0v) is 25.2. The number of amides is 2. The highest BCUT2D eigenvalue weighted by molar-refractivity contribution is 5.94. The number of nitrogens with one attached hydrogen (secondary N) is 3. The Balaban J connectivity index is 1.37. The Kier molecular flexibility index (Phi) is 10.2. The lowest BCUT2D eigenvalue weighted by Gasteiger charge is -2.43. The molecule has 1 aliphatic rings. The molecule has 0 radical (unpaired) electrons. The van der Waals surface area contributed by atoms with Crippen molar-refractivity contribution in [1.82, 2.24) is 36.2 Å². The summed E-state index contributed by atoms with van der Waals surface area (Å²) in [6.07, 6.45) is 0.668. The summed E-state index contributed by atoms with van der Waals surface area (Å²) in [5, 5.41) is 41.0. The van der Waals surface area contributed by atoms with Crippen LogP contribution in [-0.2, 0) is 18.7 Å². The first kappa shape index (κ1) is 31.7. The zero-order valence-electron chi connectivity index (χ0n) is 25.2. The number of H-pyrrole nitrogens is 1. The lowest BCUT2D eigenvalue weighted by atomic mass is 9.72. The van der Waals surface area contributed by atoms with E-state index in [1.54, 1.807) is 29.2 Å². The third-order valence-electron chi connectivity index (χ3n) is 8.38. The minimum Gasteiger partial charge on any atom is -0.465 e. The Bertz CT molecular complexity index is 1600. The molecule has 0 saturated carbocycles. The van der Waals surface area contributed by atoms with Crippen LogP contribution in [0, 0.1) is 18.7 Å². The number of aryl methyl sites for hydroxylation is 1. The van der Waals surface area contributed by atoms with E-state index < -0.39 is 23.4 Å². The molecule has 2 atom stereocenters. The van der Waals surface area contributed by atoms with Crippen LogP contribution in [-0.4, -0.2) is 67.4 Å². The number of carboxylic acid groups (broad SMARTS) is 1. The number of tetrazole rings is 1. The predicted octanol–water partition coefficient (Wildman–Crippen LogP) is 4.39. The molecule has 0 aliphatic carbocycles. The summed E-state index contributed by atoms with van der Waals surface area (Å²) < 4.78 is 15.6. The molecule has 45 heavy (non-hydrogen) atoms. The van der Waals surface area contributed by atoms with Crippen LogP contribution in [0.15, 0.2) is 66.7 Å². The van der Waals surface area contributed by atoms with Crippen LogP contribution in [0.3, 0.4) is 0 Å². The third-order valence-corrected chi connectivity index (χ3v) is 8.38. The van der Waals surface area contributed by atoms with Crippen molar-refractivity contribution in [2.75, 3.05) is 19.6 Å². The maximum atomic E-state index is 15.6. The second-order valence-corrected chi connectivity index (χ2v) is 11.5. The third kappa shape index (κ3) is 7.70. The van der Waals surface area contributed by atoms with Crippen LogP contribution in [0.1, 0.15) is 58.6 Å². The van der Waals surface area contributed by atoms with Crippen molar-refractivity contribution in [3.8, 4) is 11.1 Å². The van der Waals surface area contributed by atoms with E-state index >= 15 is 4.39 Å². The molecule has 4 aromatic rings. The summed E-state index contributed by atoms with van der Waals surface area (Å²) >= 11 is 0. The number of benzene rings is 3. The number of aromatic nitrogens is 4. The molecule has 2 amide bonds. The van der Waals surface area contributed by atoms with Gasteiger partial charge in [0, 0.05) is 43.2 Å². The van der Waals surface area contributed by atoms with E-state index in [9.17, 15) is 14.7 Å². The van der Waals surface area contributed by atoms with Crippen LogP contribution in [0.2, 0.25) is 0 Å². The van der Waals surface area contributed by atoms with Gasteiger partial charge in [0.15, 0.2) is 5.82 Å². The summed E-state index contributed by atoms with van der Waals surface area (Å²) in [7, 11) is 0. The van der Waals surface area contributed by atoms with E-state index in [1.807, 2.05) is 43.3 Å². The summed E-state index contributed by atoms with van der Waals surface area (Å²) in [5.41, 5.74) is 2.39. The van der Waals surface area contributed by atoms with Crippen LogP contribution < -0.4 is 10.6 Å². The Morgan fingerprint density at radius 1 is 1.11 bits per heavy atom. The van der Waals surface area contributed by atoms with Gasteiger partial charge in [-0.3, -0.25) is 4.79 Å². The molecule has 12 heteroatoms. The number of carbonyl (C=O) groups excluding carboxylic acids is 1. The standard InChI is InChI=1S/C33H38FN7O4/c1-22-6-2-7-25(18-22)30-27(9-3-10-28(30)34)33(45,15-5-16-36-32(43)44)26-8-4-17-41(21-26)31(42)24-13-11-23(12-14-24)19-35-20-29-37-39-40-38-29/h2-3,6-7,9-14,18,26,35-36,45H,4-5,8,15-17,19-21H2,1H3,(H,43,44)(H,37,38,39,40)/t26-,33?/m1/s1. The minimum absolute atomic E-state index is 0.137. The molecular weight excluding hydrogens is 577 g/mol. The van der Waals surface area contributed by atoms with Crippen molar-refractivity contribution in [1.29, 1.82) is 0 Å². The van der Waals surface area contributed by atoms with Gasteiger partial charge in [0.05, 0.1) is 12.1 Å². The van der Waals surface area contributed by atoms with Gasteiger partial charge in [0.2, 0.25) is 0 Å². The smallest absolute Gasteiger partial charge is 0.404 e. The van der Waals surface area contributed by atoms with Crippen molar-refractivity contribution < 1.29 is 24.2 Å². The van der Waals surface area contributed by atoms with E-state index in [2.05, 4.69) is 31.3 Å².